The van der Waals surface area contributed by atoms with Gasteiger partial charge in [-0.3, -0.25) is 0 Å². The molecule has 0 aliphatic carbocycles. The Labute approximate surface area is 149 Å². The Bertz CT molecular complexity index is 893. The predicted octanol–water partition coefficient (Wildman–Crippen LogP) is 3.67. The normalized spacial score (nSPS) is 14.8. The Hall–Kier alpha value is -2.10. The summed E-state index contributed by atoms with van der Waals surface area (Å²) >= 11 is 0. The molecule has 0 spiro atoms. The van der Waals surface area contributed by atoms with Gasteiger partial charge in [-0.05, 0) is 49.2 Å². The van der Waals surface area contributed by atoms with Gasteiger partial charge in [0.2, 0.25) is 0 Å². The van der Waals surface area contributed by atoms with Crippen molar-refractivity contribution >= 4 is 10.9 Å². The molecule has 0 unspecified atom stereocenters. The monoisotopic (exact) mass is 334 g/mol. The summed E-state index contributed by atoms with van der Waals surface area (Å²) in [6, 6.07) is 15.2. The highest BCUT2D eigenvalue weighted by atomic mass is 16.3. The molecule has 0 saturated carbocycles. The second kappa shape index (κ2) is 6.66. The van der Waals surface area contributed by atoms with Gasteiger partial charge in [-0.2, -0.15) is 0 Å². The maximum Gasteiger partial charge on any atom is 0.0681 e. The fraction of sp³-hybridized carbons (Fsp3) is 0.364. The minimum atomic E-state index is 0.114. The average Bonchev–Trinajstić information content (AvgIpc) is 2.92. The van der Waals surface area contributed by atoms with Gasteiger partial charge < -0.3 is 14.6 Å². The number of aliphatic hydroxyl groups is 1. The zero-order valence-corrected chi connectivity index (χ0v) is 15.1. The largest absolute Gasteiger partial charge is 0.392 e. The summed E-state index contributed by atoms with van der Waals surface area (Å²) in [4.78, 5) is 2.42. The van der Waals surface area contributed by atoms with Crippen LogP contribution in [0.15, 0.2) is 42.5 Å². The second-order valence-electron chi connectivity index (χ2n) is 7.31. The van der Waals surface area contributed by atoms with Crippen molar-refractivity contribution in [2.75, 3.05) is 13.6 Å². The maximum absolute atomic E-state index is 9.20. The molecule has 0 saturated heterocycles. The Morgan fingerprint density at radius 3 is 2.56 bits per heavy atom. The van der Waals surface area contributed by atoms with Crippen molar-refractivity contribution in [3.8, 4) is 0 Å². The van der Waals surface area contributed by atoms with Gasteiger partial charge in [0.15, 0.2) is 0 Å². The molecule has 25 heavy (non-hydrogen) atoms. The number of hydrogen-bond donors (Lipinski definition) is 1. The molecule has 1 aromatic heterocycles. The molecule has 0 amide bonds. The van der Waals surface area contributed by atoms with Crippen LogP contribution in [0.2, 0.25) is 0 Å². The van der Waals surface area contributed by atoms with Crippen LogP contribution in [0.5, 0.6) is 0 Å². The lowest BCUT2D eigenvalue weighted by Gasteiger charge is -2.24. The summed E-state index contributed by atoms with van der Waals surface area (Å²) in [5.74, 6) is 0. The molecule has 0 fully saturated rings. The van der Waals surface area contributed by atoms with Gasteiger partial charge in [0, 0.05) is 42.7 Å². The third-order valence-corrected chi connectivity index (χ3v) is 5.43. The molecule has 0 atom stereocenters. The Morgan fingerprint density at radius 2 is 1.80 bits per heavy atom. The van der Waals surface area contributed by atoms with E-state index in [1.807, 2.05) is 12.1 Å². The molecule has 130 valence electrons. The molecular formula is C22H26N2O. The maximum atomic E-state index is 9.20. The number of benzene rings is 2. The molecular weight excluding hydrogens is 308 g/mol. The number of aromatic nitrogens is 1. The first kappa shape index (κ1) is 16.4. The molecule has 3 aromatic rings. The summed E-state index contributed by atoms with van der Waals surface area (Å²) in [6.07, 6.45) is 2.15. The van der Waals surface area contributed by atoms with Gasteiger partial charge in [-0.25, -0.2) is 0 Å². The summed E-state index contributed by atoms with van der Waals surface area (Å²) in [6.45, 7) is 5.49. The van der Waals surface area contributed by atoms with Crippen molar-refractivity contribution in [2.24, 2.45) is 0 Å². The van der Waals surface area contributed by atoms with Gasteiger partial charge in [-0.15, -0.1) is 0 Å². The van der Waals surface area contributed by atoms with Crippen molar-refractivity contribution in [1.29, 1.82) is 0 Å². The van der Waals surface area contributed by atoms with Gasteiger partial charge in [0.1, 0.15) is 0 Å². The number of fused-ring (bicyclic) bond motifs is 3. The lowest BCUT2D eigenvalue weighted by molar-refractivity contribution is 0.282. The zero-order chi connectivity index (χ0) is 17.4. The van der Waals surface area contributed by atoms with E-state index in [9.17, 15) is 5.11 Å². The number of aliphatic hydroxyl groups excluding tert-OH is 1. The smallest absolute Gasteiger partial charge is 0.0681 e. The molecule has 4 rings (SSSR count). The Morgan fingerprint density at radius 1 is 1.04 bits per heavy atom. The summed E-state index contributed by atoms with van der Waals surface area (Å²) in [5, 5.41) is 10.6. The van der Waals surface area contributed by atoms with E-state index >= 15 is 0 Å². The predicted molar refractivity (Wildman–Crippen MR) is 103 cm³/mol. The quantitative estimate of drug-likeness (QED) is 0.788. The van der Waals surface area contributed by atoms with E-state index in [0.29, 0.717) is 0 Å². The van der Waals surface area contributed by atoms with Crippen LogP contribution in [0.25, 0.3) is 10.9 Å². The molecule has 0 radical (unpaired) electrons. The van der Waals surface area contributed by atoms with Crippen molar-refractivity contribution in [1.82, 2.24) is 9.47 Å². The van der Waals surface area contributed by atoms with Crippen LogP contribution < -0.4 is 0 Å². The second-order valence-corrected chi connectivity index (χ2v) is 7.31. The lowest BCUT2D eigenvalue weighted by Crippen LogP contribution is -2.27. The zero-order valence-electron chi connectivity index (χ0n) is 15.1. The topological polar surface area (TPSA) is 28.4 Å². The third-order valence-electron chi connectivity index (χ3n) is 5.43. The summed E-state index contributed by atoms with van der Waals surface area (Å²) < 4.78 is 2.54. The summed E-state index contributed by atoms with van der Waals surface area (Å²) in [5.41, 5.74) is 8.05. The van der Waals surface area contributed by atoms with Gasteiger partial charge in [0.05, 0.1) is 6.61 Å². The number of rotatable bonds is 4. The van der Waals surface area contributed by atoms with E-state index < -0.39 is 0 Å². The summed E-state index contributed by atoms with van der Waals surface area (Å²) in [7, 11) is 2.21. The van der Waals surface area contributed by atoms with Crippen LogP contribution >= 0.6 is 0 Å². The molecule has 1 aliphatic rings. The van der Waals surface area contributed by atoms with Crippen LogP contribution in [0.1, 0.15) is 27.9 Å². The minimum absolute atomic E-state index is 0.114. The van der Waals surface area contributed by atoms with E-state index in [0.717, 1.165) is 38.0 Å². The van der Waals surface area contributed by atoms with E-state index in [4.69, 9.17) is 0 Å². The standard InChI is InChI=1S/C22H26N2O/c1-16-3-8-21-19(13-16)20-14-23(2)11-10-22(20)24(21)12-9-17-4-6-18(15-25)7-5-17/h3-8,13,25H,9-12,14-15H2,1-2H3. The minimum Gasteiger partial charge on any atom is -0.392 e. The fourth-order valence-electron chi connectivity index (χ4n) is 4.01. The van der Waals surface area contributed by atoms with Crippen LogP contribution in [0.4, 0.5) is 0 Å². The van der Waals surface area contributed by atoms with E-state index in [1.165, 1.54) is 33.3 Å². The third kappa shape index (κ3) is 3.10. The number of likely N-dealkylation sites (N-methyl/N-ethyl adjacent to an activating group) is 1. The van der Waals surface area contributed by atoms with Crippen molar-refractivity contribution < 1.29 is 5.11 Å². The first-order valence-electron chi connectivity index (χ1n) is 9.13. The molecule has 1 aliphatic heterocycles. The van der Waals surface area contributed by atoms with Crippen LogP contribution in [-0.4, -0.2) is 28.2 Å². The number of nitrogens with zero attached hydrogens (tertiary/aromatic N) is 2. The highest BCUT2D eigenvalue weighted by Crippen LogP contribution is 2.31. The first-order valence-corrected chi connectivity index (χ1v) is 9.13. The Balaban J connectivity index is 1.68. The van der Waals surface area contributed by atoms with Crippen molar-refractivity contribution in [3.63, 3.8) is 0 Å². The molecule has 2 aromatic carbocycles. The molecule has 0 bridgehead atoms. The van der Waals surface area contributed by atoms with Crippen LogP contribution in [0.3, 0.4) is 0 Å². The molecule has 2 heterocycles. The molecule has 3 heteroatoms. The fourth-order valence-corrected chi connectivity index (χ4v) is 4.01. The van der Waals surface area contributed by atoms with Crippen molar-refractivity contribution in [3.05, 3.63) is 70.4 Å². The highest BCUT2D eigenvalue weighted by Gasteiger charge is 2.22. The number of aryl methyl sites for hydroxylation is 3. The van der Waals surface area contributed by atoms with Gasteiger partial charge >= 0.3 is 0 Å². The molecule has 1 N–H and O–H groups in total. The highest BCUT2D eigenvalue weighted by molar-refractivity contribution is 5.86. The first-order chi connectivity index (χ1) is 12.2. The lowest BCUT2D eigenvalue weighted by atomic mass is 10.0. The van der Waals surface area contributed by atoms with Gasteiger partial charge in [0.25, 0.3) is 0 Å². The molecule has 3 nitrogen and oxygen atoms in total. The Kier molecular flexibility index (Phi) is 4.36. The van der Waals surface area contributed by atoms with Crippen LogP contribution in [0, 0.1) is 6.92 Å². The van der Waals surface area contributed by atoms with E-state index in [1.54, 1.807) is 0 Å². The van der Waals surface area contributed by atoms with Gasteiger partial charge in [-0.1, -0.05) is 35.9 Å². The van der Waals surface area contributed by atoms with E-state index in [2.05, 4.69) is 53.8 Å². The van der Waals surface area contributed by atoms with E-state index in [-0.39, 0.29) is 6.61 Å². The SMILES string of the molecule is Cc1ccc2c(c1)c1c(n2CCc2ccc(CO)cc2)CCN(C)C1. The number of hydrogen-bond acceptors (Lipinski definition) is 2. The van der Waals surface area contributed by atoms with Crippen LogP contribution in [-0.2, 0) is 32.5 Å². The average molecular weight is 334 g/mol. The van der Waals surface area contributed by atoms with Crippen molar-refractivity contribution in [2.45, 2.75) is 39.5 Å².